The molecule has 2 fully saturated rings. The summed E-state index contributed by atoms with van der Waals surface area (Å²) in [7, 11) is 0. The second-order valence-corrected chi connectivity index (χ2v) is 12.9. The number of anilines is 2. The smallest absolute Gasteiger partial charge is 0.462 e. The molecule has 0 unspecified atom stereocenters. The number of carbonyl (C=O) groups is 1. The number of ether oxygens (including phenoxy) is 2. The summed E-state index contributed by atoms with van der Waals surface area (Å²) in [5.41, 5.74) is 3.35. The summed E-state index contributed by atoms with van der Waals surface area (Å²) >= 11 is 1.63. The van der Waals surface area contributed by atoms with E-state index in [-0.39, 0.29) is 28.7 Å². The van der Waals surface area contributed by atoms with Crippen LogP contribution in [0.2, 0.25) is 0 Å². The number of aromatic nitrogens is 1. The molecule has 0 saturated heterocycles. The summed E-state index contributed by atoms with van der Waals surface area (Å²) in [6.45, 7) is 6.30. The van der Waals surface area contributed by atoms with Crippen LogP contribution in [0.5, 0.6) is 5.75 Å². The summed E-state index contributed by atoms with van der Waals surface area (Å²) in [6, 6.07) is 5.74. The third kappa shape index (κ3) is 4.31. The second-order valence-electron chi connectivity index (χ2n) is 11.9. The van der Waals surface area contributed by atoms with Gasteiger partial charge in [0.25, 0.3) is 0 Å². The van der Waals surface area contributed by atoms with Crippen LogP contribution in [0.1, 0.15) is 69.9 Å². The Morgan fingerprint density at radius 3 is 2.58 bits per heavy atom. The van der Waals surface area contributed by atoms with Gasteiger partial charge in [0.2, 0.25) is 0 Å². The van der Waals surface area contributed by atoms with E-state index < -0.39 is 6.36 Å². The van der Waals surface area contributed by atoms with Gasteiger partial charge in [0.1, 0.15) is 11.9 Å². The van der Waals surface area contributed by atoms with Gasteiger partial charge in [-0.1, -0.05) is 31.3 Å². The van der Waals surface area contributed by atoms with Gasteiger partial charge in [-0.2, -0.15) is 0 Å². The number of halogens is 3. The molecule has 0 bridgehead atoms. The Morgan fingerprint density at radius 2 is 1.87 bits per heavy atom. The normalized spacial score (nSPS) is 33.8. The molecule has 1 N–H and O–H groups in total. The molecule has 0 spiro atoms. The van der Waals surface area contributed by atoms with Crippen LogP contribution in [0.3, 0.4) is 0 Å². The molecule has 0 radical (unpaired) electrons. The lowest BCUT2D eigenvalue weighted by Gasteiger charge is -2.56. The molecule has 1 aromatic carbocycles. The zero-order valence-corrected chi connectivity index (χ0v) is 22.7. The number of nitrogens with one attached hydrogen (secondary N) is 1. The SMILES string of the molecule is CC(=O)O[C@H]1CC[C@H]2[C@@H]3CC=C4c5sc(Nc6ccc(OC(F)(F)F)cc6)nc5CC[C@]4(C)[C@H]3CC[C@]12C. The fourth-order valence-corrected chi connectivity index (χ4v) is 9.35. The van der Waals surface area contributed by atoms with Crippen molar-refractivity contribution in [3.05, 3.63) is 40.9 Å². The van der Waals surface area contributed by atoms with Crippen LogP contribution >= 0.6 is 11.3 Å². The van der Waals surface area contributed by atoms with Crippen molar-refractivity contribution in [1.29, 1.82) is 0 Å². The fourth-order valence-electron chi connectivity index (χ4n) is 8.14. The van der Waals surface area contributed by atoms with Crippen LogP contribution in [0, 0.1) is 28.6 Å². The summed E-state index contributed by atoms with van der Waals surface area (Å²) in [6.07, 6.45) is 5.14. The number of benzene rings is 1. The lowest BCUT2D eigenvalue weighted by Crippen LogP contribution is -2.50. The molecule has 1 aromatic heterocycles. The maximum Gasteiger partial charge on any atom is 0.573 e. The number of hydrogen-bond acceptors (Lipinski definition) is 6. The molecule has 5 nitrogen and oxygen atoms in total. The topological polar surface area (TPSA) is 60.5 Å². The van der Waals surface area contributed by atoms with Gasteiger partial charge >= 0.3 is 12.3 Å². The van der Waals surface area contributed by atoms with Gasteiger partial charge in [0, 0.05) is 18.0 Å². The molecule has 2 saturated carbocycles. The lowest BCUT2D eigenvalue weighted by molar-refractivity contribution is -0.274. The minimum atomic E-state index is -4.71. The number of carbonyl (C=O) groups excluding carboxylic acids is 1. The highest BCUT2D eigenvalue weighted by molar-refractivity contribution is 7.16. The molecule has 6 atom stereocenters. The molecule has 9 heteroatoms. The highest BCUT2D eigenvalue weighted by Gasteiger charge is 2.59. The van der Waals surface area contributed by atoms with Crippen LogP contribution < -0.4 is 10.1 Å². The van der Waals surface area contributed by atoms with E-state index in [1.165, 1.54) is 29.5 Å². The molecule has 0 amide bonds. The predicted molar refractivity (Wildman–Crippen MR) is 140 cm³/mol. The minimum Gasteiger partial charge on any atom is -0.462 e. The average Bonchev–Trinajstić information content (AvgIpc) is 3.39. The van der Waals surface area contributed by atoms with Gasteiger partial charge in [-0.3, -0.25) is 4.79 Å². The summed E-state index contributed by atoms with van der Waals surface area (Å²) in [4.78, 5) is 17.9. The molecule has 4 aliphatic rings. The number of fused-ring (bicyclic) bond motifs is 7. The number of aryl methyl sites for hydroxylation is 1. The van der Waals surface area contributed by atoms with Crippen molar-refractivity contribution < 1.29 is 27.4 Å². The van der Waals surface area contributed by atoms with Crippen molar-refractivity contribution in [3.63, 3.8) is 0 Å². The Kier molecular flexibility index (Phi) is 6.09. The first kappa shape index (κ1) is 25.7. The Morgan fingerprint density at radius 1 is 1.11 bits per heavy atom. The van der Waals surface area contributed by atoms with Crippen LogP contribution in [-0.2, 0) is 16.0 Å². The van der Waals surface area contributed by atoms with E-state index in [1.54, 1.807) is 23.5 Å². The van der Waals surface area contributed by atoms with E-state index in [9.17, 15) is 18.0 Å². The molecule has 204 valence electrons. The van der Waals surface area contributed by atoms with Gasteiger partial charge in [-0.25, -0.2) is 4.98 Å². The molecule has 0 aliphatic heterocycles. The van der Waals surface area contributed by atoms with Gasteiger partial charge in [0.05, 0.1) is 10.6 Å². The molecular weight excluding hydrogens is 513 g/mol. The maximum atomic E-state index is 12.5. The van der Waals surface area contributed by atoms with Crippen molar-refractivity contribution in [2.45, 2.75) is 78.2 Å². The predicted octanol–water partition coefficient (Wildman–Crippen LogP) is 7.90. The third-order valence-electron chi connectivity index (χ3n) is 9.85. The van der Waals surface area contributed by atoms with E-state index >= 15 is 0 Å². The van der Waals surface area contributed by atoms with Crippen molar-refractivity contribution in [1.82, 2.24) is 4.98 Å². The number of rotatable bonds is 4. The second kappa shape index (κ2) is 9.00. The lowest BCUT2D eigenvalue weighted by atomic mass is 9.48. The van der Waals surface area contributed by atoms with Crippen molar-refractivity contribution in [2.24, 2.45) is 28.6 Å². The quantitative estimate of drug-likeness (QED) is 0.395. The number of thiazole rings is 1. The van der Waals surface area contributed by atoms with Gasteiger partial charge in [-0.15, -0.1) is 13.2 Å². The van der Waals surface area contributed by atoms with Crippen LogP contribution in [-0.4, -0.2) is 23.4 Å². The molecule has 2 aromatic rings. The van der Waals surface area contributed by atoms with E-state index in [0.717, 1.165) is 55.8 Å². The molecule has 4 aliphatic carbocycles. The van der Waals surface area contributed by atoms with Gasteiger partial charge in [0.15, 0.2) is 5.13 Å². The van der Waals surface area contributed by atoms with E-state index in [4.69, 9.17) is 9.72 Å². The highest BCUT2D eigenvalue weighted by Crippen LogP contribution is 2.66. The standard InChI is InChI=1S/C29H33F3N2O3S/c1-16(35)36-24-11-10-20-19-8-9-22-25-23(13-15-27(22,2)21(19)12-14-28(20,24)3)34-26(38-25)33-17-4-6-18(7-5-17)37-29(30,31)32/h4-7,9,19-21,24H,8,10-15H2,1-3H3,(H,33,34)/t19-,20-,21-,24-,27+,28-/m0/s1. The van der Waals surface area contributed by atoms with Crippen LogP contribution in [0.15, 0.2) is 30.3 Å². The van der Waals surface area contributed by atoms with Crippen molar-refractivity contribution >= 4 is 33.7 Å². The number of allylic oxidation sites excluding steroid dienone is 2. The first-order valence-corrected chi connectivity index (χ1v) is 14.3. The Bertz CT molecular complexity index is 1270. The van der Waals surface area contributed by atoms with Gasteiger partial charge < -0.3 is 14.8 Å². The molecule has 38 heavy (non-hydrogen) atoms. The number of esters is 1. The molecule has 1 heterocycles. The third-order valence-corrected chi connectivity index (χ3v) is 10.9. The van der Waals surface area contributed by atoms with Crippen LogP contribution in [0.4, 0.5) is 24.0 Å². The summed E-state index contributed by atoms with van der Waals surface area (Å²) in [5.74, 6) is 1.36. The summed E-state index contributed by atoms with van der Waals surface area (Å²) < 4.78 is 47.2. The first-order valence-electron chi connectivity index (χ1n) is 13.5. The zero-order chi connectivity index (χ0) is 26.9. The first-order chi connectivity index (χ1) is 18.0. The van der Waals surface area contributed by atoms with Crippen LogP contribution in [0.25, 0.3) is 5.57 Å². The fraction of sp³-hybridized carbons (Fsp3) is 0.586. The zero-order valence-electron chi connectivity index (χ0n) is 21.9. The van der Waals surface area contributed by atoms with Crippen molar-refractivity contribution in [3.8, 4) is 5.75 Å². The average molecular weight is 547 g/mol. The monoisotopic (exact) mass is 546 g/mol. The molecular formula is C29H33F3N2O3S. The van der Waals surface area contributed by atoms with Crippen molar-refractivity contribution in [2.75, 3.05) is 5.32 Å². The van der Waals surface area contributed by atoms with Gasteiger partial charge in [-0.05, 0) is 98.0 Å². The highest BCUT2D eigenvalue weighted by atomic mass is 32.1. The summed E-state index contributed by atoms with van der Waals surface area (Å²) in [5, 5.41) is 4.03. The Balaban J connectivity index is 1.22. The maximum absolute atomic E-state index is 12.5. The number of nitrogens with zero attached hydrogens (tertiary/aromatic N) is 1. The number of alkyl halides is 3. The van der Waals surface area contributed by atoms with E-state index in [2.05, 4.69) is 30.0 Å². The Labute approximate surface area is 224 Å². The largest absolute Gasteiger partial charge is 0.573 e. The number of hydrogen-bond donors (Lipinski definition) is 1. The minimum absolute atomic E-state index is 0.0336. The Hall–Kier alpha value is -2.55. The van der Waals surface area contributed by atoms with E-state index in [1.807, 2.05) is 0 Å². The van der Waals surface area contributed by atoms with E-state index in [0.29, 0.717) is 23.4 Å². The molecule has 6 rings (SSSR count).